The van der Waals surface area contributed by atoms with Crippen LogP contribution in [-0.4, -0.2) is 34.0 Å². The summed E-state index contributed by atoms with van der Waals surface area (Å²) in [5.41, 5.74) is 1.98. The minimum Gasteiger partial charge on any atom is -0.444 e. The van der Waals surface area contributed by atoms with Crippen LogP contribution in [0.4, 0.5) is 14.2 Å². The Bertz CT molecular complexity index is 1150. The summed E-state index contributed by atoms with van der Waals surface area (Å²) in [5, 5.41) is 4.35. The molecular formula is C21H22FN3O3S2. The molecule has 0 spiro atoms. The molecule has 0 saturated heterocycles. The smallest absolute Gasteiger partial charge is 0.410 e. The fraction of sp³-hybridized carbons (Fsp3) is 0.381. The molecule has 158 valence electrons. The number of anilines is 1. The minimum absolute atomic E-state index is 0.175. The van der Waals surface area contributed by atoms with Crippen LogP contribution in [0.2, 0.25) is 0 Å². The second kappa shape index (κ2) is 7.63. The van der Waals surface area contributed by atoms with Gasteiger partial charge in [-0.2, -0.15) is 0 Å². The number of ether oxygens (including phenoxy) is 1. The largest absolute Gasteiger partial charge is 0.444 e. The van der Waals surface area contributed by atoms with Gasteiger partial charge in [-0.15, -0.1) is 22.7 Å². The SMILES string of the molecule is CC(=O)Nc1sc2c(c1-c1nc3cc(F)ccc3s1)CCN(C(=O)OC(C)(C)C)C2. The predicted octanol–water partition coefficient (Wildman–Crippen LogP) is 5.42. The molecule has 0 fully saturated rings. The lowest BCUT2D eigenvalue weighted by molar-refractivity contribution is -0.114. The number of carbonyl (C=O) groups excluding carboxylic acids is 2. The molecule has 0 atom stereocenters. The van der Waals surface area contributed by atoms with Gasteiger partial charge in [-0.1, -0.05) is 0 Å². The number of hydrogen-bond donors (Lipinski definition) is 1. The van der Waals surface area contributed by atoms with Crippen molar-refractivity contribution in [2.45, 2.75) is 46.3 Å². The van der Waals surface area contributed by atoms with Crippen molar-refractivity contribution in [2.24, 2.45) is 0 Å². The predicted molar refractivity (Wildman–Crippen MR) is 118 cm³/mol. The number of thiazole rings is 1. The zero-order valence-corrected chi connectivity index (χ0v) is 18.8. The first-order chi connectivity index (χ1) is 14.1. The van der Waals surface area contributed by atoms with Gasteiger partial charge in [-0.3, -0.25) is 4.79 Å². The zero-order chi connectivity index (χ0) is 21.6. The molecule has 2 aromatic heterocycles. The molecule has 2 amide bonds. The molecule has 0 unspecified atom stereocenters. The highest BCUT2D eigenvalue weighted by Gasteiger charge is 2.31. The Hall–Kier alpha value is -2.52. The summed E-state index contributed by atoms with van der Waals surface area (Å²) in [5.74, 6) is -0.507. The maximum absolute atomic E-state index is 13.6. The van der Waals surface area contributed by atoms with Crippen LogP contribution in [0.15, 0.2) is 18.2 Å². The number of amides is 2. The molecule has 1 aliphatic heterocycles. The summed E-state index contributed by atoms with van der Waals surface area (Å²) in [6.07, 6.45) is 0.282. The first kappa shape index (κ1) is 20.7. The van der Waals surface area contributed by atoms with E-state index in [-0.39, 0.29) is 17.8 Å². The molecular weight excluding hydrogens is 425 g/mol. The molecule has 0 aliphatic carbocycles. The van der Waals surface area contributed by atoms with Crippen LogP contribution in [0.5, 0.6) is 0 Å². The Labute approximate surface area is 181 Å². The summed E-state index contributed by atoms with van der Waals surface area (Å²) >= 11 is 2.91. The highest BCUT2D eigenvalue weighted by molar-refractivity contribution is 7.22. The van der Waals surface area contributed by atoms with Crippen LogP contribution >= 0.6 is 22.7 Å². The molecule has 4 rings (SSSR count). The molecule has 0 saturated carbocycles. The number of thiophene rings is 1. The average Bonchev–Trinajstić information content (AvgIpc) is 3.18. The van der Waals surface area contributed by atoms with Crippen molar-refractivity contribution >= 4 is 49.9 Å². The molecule has 0 bridgehead atoms. The fourth-order valence-corrected chi connectivity index (χ4v) is 5.77. The summed E-state index contributed by atoms with van der Waals surface area (Å²) in [4.78, 5) is 31.6. The molecule has 1 N–H and O–H groups in total. The second-order valence-corrected chi connectivity index (χ2v) is 10.3. The van der Waals surface area contributed by atoms with E-state index in [0.29, 0.717) is 30.0 Å². The number of hydrogen-bond acceptors (Lipinski definition) is 6. The lowest BCUT2D eigenvalue weighted by Gasteiger charge is -2.30. The number of fused-ring (bicyclic) bond motifs is 2. The molecule has 1 aliphatic rings. The summed E-state index contributed by atoms with van der Waals surface area (Å²) in [6.45, 7) is 7.92. The number of nitrogens with zero attached hydrogens (tertiary/aromatic N) is 2. The quantitative estimate of drug-likeness (QED) is 0.570. The first-order valence-corrected chi connectivity index (χ1v) is 11.2. The Kier molecular flexibility index (Phi) is 5.27. The van der Waals surface area contributed by atoms with Crippen molar-refractivity contribution in [1.29, 1.82) is 0 Å². The third-order valence-electron chi connectivity index (χ3n) is 4.56. The van der Waals surface area contributed by atoms with Crippen molar-refractivity contribution in [2.75, 3.05) is 11.9 Å². The van der Waals surface area contributed by atoms with E-state index in [2.05, 4.69) is 10.3 Å². The lowest BCUT2D eigenvalue weighted by Crippen LogP contribution is -2.39. The van der Waals surface area contributed by atoms with E-state index >= 15 is 0 Å². The van der Waals surface area contributed by atoms with Gasteiger partial charge in [0.05, 0.1) is 16.8 Å². The molecule has 6 nitrogen and oxygen atoms in total. The van der Waals surface area contributed by atoms with Crippen LogP contribution in [0, 0.1) is 5.82 Å². The van der Waals surface area contributed by atoms with Crippen molar-refractivity contribution in [1.82, 2.24) is 9.88 Å². The van der Waals surface area contributed by atoms with Crippen molar-refractivity contribution < 1.29 is 18.7 Å². The third-order valence-corrected chi connectivity index (χ3v) is 6.75. The second-order valence-electron chi connectivity index (χ2n) is 8.17. The number of nitrogens with one attached hydrogen (secondary N) is 1. The van der Waals surface area contributed by atoms with Crippen LogP contribution in [0.25, 0.3) is 20.8 Å². The third kappa shape index (κ3) is 4.17. The van der Waals surface area contributed by atoms with Gasteiger partial charge < -0.3 is 15.0 Å². The molecule has 3 heterocycles. The van der Waals surface area contributed by atoms with E-state index in [0.717, 1.165) is 25.7 Å². The average molecular weight is 448 g/mol. The Morgan fingerprint density at radius 2 is 2.03 bits per heavy atom. The summed E-state index contributed by atoms with van der Waals surface area (Å²) in [7, 11) is 0. The number of rotatable bonds is 2. The first-order valence-electron chi connectivity index (χ1n) is 9.57. The highest BCUT2D eigenvalue weighted by Crippen LogP contribution is 2.45. The molecule has 1 aromatic carbocycles. The van der Waals surface area contributed by atoms with Crippen LogP contribution in [-0.2, 0) is 22.5 Å². The van der Waals surface area contributed by atoms with Gasteiger partial charge in [0, 0.05) is 30.0 Å². The van der Waals surface area contributed by atoms with Gasteiger partial charge in [-0.05, 0) is 44.9 Å². The van der Waals surface area contributed by atoms with Crippen molar-refractivity contribution in [3.05, 3.63) is 34.5 Å². The number of benzene rings is 1. The van der Waals surface area contributed by atoms with Crippen LogP contribution in [0.3, 0.4) is 0 Å². The van der Waals surface area contributed by atoms with E-state index in [9.17, 15) is 14.0 Å². The highest BCUT2D eigenvalue weighted by atomic mass is 32.1. The van der Waals surface area contributed by atoms with Gasteiger partial charge in [0.15, 0.2) is 0 Å². The number of carbonyl (C=O) groups is 2. The van der Waals surface area contributed by atoms with Crippen LogP contribution < -0.4 is 5.32 Å². The zero-order valence-electron chi connectivity index (χ0n) is 17.2. The van der Waals surface area contributed by atoms with E-state index in [1.54, 1.807) is 11.0 Å². The molecule has 3 aromatic rings. The number of aromatic nitrogens is 1. The van der Waals surface area contributed by atoms with Gasteiger partial charge in [-0.25, -0.2) is 14.2 Å². The number of halogens is 1. The van der Waals surface area contributed by atoms with E-state index in [4.69, 9.17) is 4.74 Å². The topological polar surface area (TPSA) is 71.5 Å². The van der Waals surface area contributed by atoms with Gasteiger partial charge >= 0.3 is 6.09 Å². The Morgan fingerprint density at radius 3 is 2.73 bits per heavy atom. The maximum Gasteiger partial charge on any atom is 0.410 e. The Morgan fingerprint density at radius 1 is 1.27 bits per heavy atom. The van der Waals surface area contributed by atoms with Crippen LogP contribution in [0.1, 0.15) is 38.1 Å². The van der Waals surface area contributed by atoms with E-state index in [1.165, 1.54) is 41.7 Å². The van der Waals surface area contributed by atoms with E-state index < -0.39 is 5.60 Å². The van der Waals surface area contributed by atoms with Crippen molar-refractivity contribution in [3.8, 4) is 10.6 Å². The maximum atomic E-state index is 13.6. The lowest BCUT2D eigenvalue weighted by atomic mass is 10.0. The normalized spacial score (nSPS) is 14.0. The Balaban J connectivity index is 1.73. The van der Waals surface area contributed by atoms with Gasteiger partial charge in [0.1, 0.15) is 21.4 Å². The fourth-order valence-electron chi connectivity index (χ4n) is 3.37. The monoisotopic (exact) mass is 447 g/mol. The van der Waals surface area contributed by atoms with Crippen molar-refractivity contribution in [3.63, 3.8) is 0 Å². The molecule has 9 heteroatoms. The molecule has 30 heavy (non-hydrogen) atoms. The van der Waals surface area contributed by atoms with E-state index in [1.807, 2.05) is 20.8 Å². The molecule has 0 radical (unpaired) electrons. The van der Waals surface area contributed by atoms with Gasteiger partial charge in [0.2, 0.25) is 5.91 Å². The van der Waals surface area contributed by atoms with Gasteiger partial charge in [0.25, 0.3) is 0 Å². The standard InChI is InChI=1S/C21H22FN3O3S2/c1-11(26)23-18-17(19-24-14-9-12(22)5-6-15(14)29-19)13-7-8-25(10-16(13)30-18)20(27)28-21(2,3)4/h5-6,9H,7-8,10H2,1-4H3,(H,23,26). The minimum atomic E-state index is -0.560. The summed E-state index contributed by atoms with van der Waals surface area (Å²) < 4.78 is 20.0. The summed E-state index contributed by atoms with van der Waals surface area (Å²) in [6, 6.07) is 4.55.